The van der Waals surface area contributed by atoms with Crippen LogP contribution in [0.25, 0.3) is 0 Å². The standard InChI is InChI=1S/C13H19N3O3/c1-3-16(10(2)8-12(17)18)13(19)15-9-11-4-6-14-7-5-11/h4-7,10H,3,8-9H2,1-2H3,(H,15,19)(H,17,18). The van der Waals surface area contributed by atoms with Crippen LogP contribution in [-0.4, -0.2) is 39.6 Å². The number of aliphatic carboxylic acids is 1. The van der Waals surface area contributed by atoms with Gasteiger partial charge in [-0.15, -0.1) is 0 Å². The van der Waals surface area contributed by atoms with Crippen LogP contribution in [0.3, 0.4) is 0 Å². The molecular weight excluding hydrogens is 246 g/mol. The summed E-state index contributed by atoms with van der Waals surface area (Å²) in [4.78, 5) is 28.0. The zero-order valence-electron chi connectivity index (χ0n) is 11.2. The van der Waals surface area contributed by atoms with Crippen molar-refractivity contribution in [3.8, 4) is 0 Å². The van der Waals surface area contributed by atoms with E-state index < -0.39 is 5.97 Å². The smallest absolute Gasteiger partial charge is 0.317 e. The van der Waals surface area contributed by atoms with Crippen molar-refractivity contribution in [3.63, 3.8) is 0 Å². The number of carboxylic acid groups (broad SMARTS) is 1. The van der Waals surface area contributed by atoms with E-state index in [0.717, 1.165) is 5.56 Å². The highest BCUT2D eigenvalue weighted by Crippen LogP contribution is 2.05. The number of pyridine rings is 1. The van der Waals surface area contributed by atoms with E-state index in [1.165, 1.54) is 4.90 Å². The number of amides is 2. The molecule has 0 spiro atoms. The van der Waals surface area contributed by atoms with Crippen molar-refractivity contribution in [1.82, 2.24) is 15.2 Å². The van der Waals surface area contributed by atoms with Gasteiger partial charge in [-0.25, -0.2) is 4.79 Å². The van der Waals surface area contributed by atoms with Crippen LogP contribution in [0.2, 0.25) is 0 Å². The maximum Gasteiger partial charge on any atom is 0.317 e. The fourth-order valence-electron chi connectivity index (χ4n) is 1.80. The van der Waals surface area contributed by atoms with Crippen LogP contribution in [-0.2, 0) is 11.3 Å². The summed E-state index contributed by atoms with van der Waals surface area (Å²) >= 11 is 0. The second-order valence-electron chi connectivity index (χ2n) is 4.25. The third kappa shape index (κ3) is 4.95. The Labute approximate surface area is 112 Å². The number of carbonyl (C=O) groups is 2. The summed E-state index contributed by atoms with van der Waals surface area (Å²) in [6.07, 6.45) is 3.26. The summed E-state index contributed by atoms with van der Waals surface area (Å²) in [7, 11) is 0. The van der Waals surface area contributed by atoms with Crippen molar-refractivity contribution in [3.05, 3.63) is 30.1 Å². The Morgan fingerprint density at radius 1 is 1.42 bits per heavy atom. The predicted molar refractivity (Wildman–Crippen MR) is 70.6 cm³/mol. The molecule has 6 heteroatoms. The summed E-state index contributed by atoms with van der Waals surface area (Å²) in [5.74, 6) is -0.909. The number of urea groups is 1. The van der Waals surface area contributed by atoms with Crippen LogP contribution in [0.5, 0.6) is 0 Å². The second-order valence-corrected chi connectivity index (χ2v) is 4.25. The molecule has 2 N–H and O–H groups in total. The second kappa shape index (κ2) is 7.35. The molecule has 1 aromatic rings. The van der Waals surface area contributed by atoms with Gasteiger partial charge in [0, 0.05) is 31.5 Å². The van der Waals surface area contributed by atoms with E-state index in [0.29, 0.717) is 13.1 Å². The molecule has 6 nitrogen and oxygen atoms in total. The van der Waals surface area contributed by atoms with Gasteiger partial charge in [0.25, 0.3) is 0 Å². The lowest BCUT2D eigenvalue weighted by atomic mass is 10.2. The van der Waals surface area contributed by atoms with Crippen molar-refractivity contribution in [2.75, 3.05) is 6.54 Å². The van der Waals surface area contributed by atoms with Gasteiger partial charge in [-0.05, 0) is 31.5 Å². The van der Waals surface area contributed by atoms with Gasteiger partial charge in [-0.2, -0.15) is 0 Å². The maximum absolute atomic E-state index is 12.0. The fraction of sp³-hybridized carbons (Fsp3) is 0.462. The molecule has 0 bridgehead atoms. The minimum atomic E-state index is -0.909. The third-order valence-corrected chi connectivity index (χ3v) is 2.80. The molecular formula is C13H19N3O3. The summed E-state index contributed by atoms with van der Waals surface area (Å²) in [6, 6.07) is 3.04. The van der Waals surface area contributed by atoms with Crippen molar-refractivity contribution in [2.45, 2.75) is 32.9 Å². The van der Waals surface area contributed by atoms with Crippen molar-refractivity contribution in [1.29, 1.82) is 0 Å². The van der Waals surface area contributed by atoms with Crippen LogP contribution in [0.15, 0.2) is 24.5 Å². The van der Waals surface area contributed by atoms with Crippen LogP contribution in [0, 0.1) is 0 Å². The lowest BCUT2D eigenvalue weighted by Gasteiger charge is -2.27. The molecule has 104 valence electrons. The molecule has 1 heterocycles. The van der Waals surface area contributed by atoms with Crippen LogP contribution < -0.4 is 5.32 Å². The molecule has 1 rings (SSSR count). The van der Waals surface area contributed by atoms with E-state index >= 15 is 0 Å². The molecule has 0 radical (unpaired) electrons. The van der Waals surface area contributed by atoms with Gasteiger partial charge in [0.05, 0.1) is 6.42 Å². The van der Waals surface area contributed by atoms with E-state index in [-0.39, 0.29) is 18.5 Å². The molecule has 2 amide bonds. The van der Waals surface area contributed by atoms with Gasteiger partial charge in [0.1, 0.15) is 0 Å². The van der Waals surface area contributed by atoms with Gasteiger partial charge < -0.3 is 15.3 Å². The molecule has 0 aliphatic heterocycles. The first-order valence-corrected chi connectivity index (χ1v) is 6.19. The summed E-state index contributed by atoms with van der Waals surface area (Å²) in [5.41, 5.74) is 0.949. The number of carbonyl (C=O) groups excluding carboxylic acids is 1. The van der Waals surface area contributed by atoms with Gasteiger partial charge in [0.2, 0.25) is 0 Å². The average Bonchev–Trinajstić information content (AvgIpc) is 2.37. The third-order valence-electron chi connectivity index (χ3n) is 2.80. The number of carboxylic acids is 1. The van der Waals surface area contributed by atoms with E-state index in [1.807, 2.05) is 19.1 Å². The first-order valence-electron chi connectivity index (χ1n) is 6.19. The number of aromatic nitrogens is 1. The molecule has 19 heavy (non-hydrogen) atoms. The Bertz CT molecular complexity index is 422. The Kier molecular flexibility index (Phi) is 5.78. The van der Waals surface area contributed by atoms with E-state index in [2.05, 4.69) is 10.3 Å². The van der Waals surface area contributed by atoms with Crippen molar-refractivity contribution >= 4 is 12.0 Å². The SMILES string of the molecule is CCN(C(=O)NCc1ccncc1)C(C)CC(=O)O. The quantitative estimate of drug-likeness (QED) is 0.816. The zero-order chi connectivity index (χ0) is 14.3. The summed E-state index contributed by atoms with van der Waals surface area (Å²) in [5, 5.41) is 11.5. The largest absolute Gasteiger partial charge is 0.481 e. The van der Waals surface area contributed by atoms with Crippen LogP contribution in [0.4, 0.5) is 4.79 Å². The average molecular weight is 265 g/mol. The monoisotopic (exact) mass is 265 g/mol. The van der Waals surface area contributed by atoms with Crippen molar-refractivity contribution in [2.24, 2.45) is 0 Å². The highest BCUT2D eigenvalue weighted by atomic mass is 16.4. The van der Waals surface area contributed by atoms with Gasteiger partial charge in [-0.3, -0.25) is 9.78 Å². The Morgan fingerprint density at radius 2 is 2.05 bits per heavy atom. The van der Waals surface area contributed by atoms with Crippen LogP contribution >= 0.6 is 0 Å². The molecule has 0 saturated heterocycles. The first-order chi connectivity index (χ1) is 9.04. The Morgan fingerprint density at radius 3 is 2.58 bits per heavy atom. The molecule has 1 atom stereocenters. The first kappa shape index (κ1) is 14.9. The molecule has 1 aromatic heterocycles. The summed E-state index contributed by atoms with van der Waals surface area (Å²) in [6.45, 7) is 4.42. The minimum absolute atomic E-state index is 0.0590. The topological polar surface area (TPSA) is 82.5 Å². The van der Waals surface area contributed by atoms with Crippen LogP contribution in [0.1, 0.15) is 25.8 Å². The van der Waals surface area contributed by atoms with Gasteiger partial charge >= 0.3 is 12.0 Å². The molecule has 0 fully saturated rings. The van der Waals surface area contributed by atoms with Gasteiger partial charge in [-0.1, -0.05) is 0 Å². The summed E-state index contributed by atoms with van der Waals surface area (Å²) < 4.78 is 0. The molecule has 0 saturated carbocycles. The lowest BCUT2D eigenvalue weighted by molar-refractivity contribution is -0.138. The molecule has 0 aliphatic rings. The highest BCUT2D eigenvalue weighted by Gasteiger charge is 2.20. The molecule has 1 unspecified atom stereocenters. The maximum atomic E-state index is 12.0. The highest BCUT2D eigenvalue weighted by molar-refractivity contribution is 5.75. The van der Waals surface area contributed by atoms with Crippen molar-refractivity contribution < 1.29 is 14.7 Å². The molecule has 0 aromatic carbocycles. The Balaban J connectivity index is 2.52. The predicted octanol–water partition coefficient (Wildman–Crippen LogP) is 1.48. The lowest BCUT2D eigenvalue weighted by Crippen LogP contribution is -2.45. The van der Waals surface area contributed by atoms with E-state index in [1.54, 1.807) is 19.3 Å². The normalized spacial score (nSPS) is 11.7. The number of nitrogens with one attached hydrogen (secondary N) is 1. The number of rotatable bonds is 6. The van der Waals surface area contributed by atoms with Gasteiger partial charge in [0.15, 0.2) is 0 Å². The van der Waals surface area contributed by atoms with E-state index in [9.17, 15) is 9.59 Å². The Hall–Kier alpha value is -2.11. The van der Waals surface area contributed by atoms with E-state index in [4.69, 9.17) is 5.11 Å². The fourth-order valence-corrected chi connectivity index (χ4v) is 1.80. The number of nitrogens with zero attached hydrogens (tertiary/aromatic N) is 2. The molecule has 0 aliphatic carbocycles. The minimum Gasteiger partial charge on any atom is -0.481 e. The number of hydrogen-bond donors (Lipinski definition) is 2. The number of hydrogen-bond acceptors (Lipinski definition) is 3. The zero-order valence-corrected chi connectivity index (χ0v) is 11.2.